The van der Waals surface area contributed by atoms with Crippen LogP contribution in [0, 0.1) is 0 Å². The molecule has 2 heteroatoms. The van der Waals surface area contributed by atoms with Crippen LogP contribution in [0.25, 0.3) is 11.1 Å². The zero-order valence-electron chi connectivity index (χ0n) is 11.9. The summed E-state index contributed by atoms with van der Waals surface area (Å²) in [5.74, 6) is 0. The summed E-state index contributed by atoms with van der Waals surface area (Å²) in [6, 6.07) is 18.1. The summed E-state index contributed by atoms with van der Waals surface area (Å²) in [4.78, 5) is 0. The average molecular weight is 508 g/mol. The second kappa shape index (κ2) is 4.47. The molecule has 0 heterocycles. The van der Waals surface area contributed by atoms with E-state index in [0.29, 0.717) is 0 Å². The first kappa shape index (κ1) is 13.8. The number of rotatable bonds is 0. The highest BCUT2D eigenvalue weighted by molar-refractivity contribution is 14.1. The van der Waals surface area contributed by atoms with Gasteiger partial charge in [-0.3, -0.25) is 0 Å². The number of hydrogen-bond donors (Lipinski definition) is 0. The molecule has 0 aromatic heterocycles. The zero-order chi connectivity index (χ0) is 14.9. The van der Waals surface area contributed by atoms with E-state index in [1.54, 1.807) is 0 Å². The minimum Gasteiger partial charge on any atom is -0.0630 e. The summed E-state index contributed by atoms with van der Waals surface area (Å²) in [7, 11) is 0. The first-order chi connectivity index (χ1) is 10.7. The third-order valence-electron chi connectivity index (χ3n) is 5.60. The third-order valence-corrected chi connectivity index (χ3v) is 6.99. The highest BCUT2D eigenvalue weighted by atomic mass is 127. The van der Waals surface area contributed by atoms with Gasteiger partial charge in [0.15, 0.2) is 0 Å². The van der Waals surface area contributed by atoms with E-state index in [0.717, 1.165) is 12.8 Å². The lowest BCUT2D eigenvalue weighted by Crippen LogP contribution is -2.43. The van der Waals surface area contributed by atoms with Crippen molar-refractivity contribution in [2.75, 3.05) is 0 Å². The molecule has 0 aliphatic heterocycles. The topological polar surface area (TPSA) is 0 Å². The van der Waals surface area contributed by atoms with Crippen molar-refractivity contribution in [3.63, 3.8) is 0 Å². The fourth-order valence-electron chi connectivity index (χ4n) is 4.89. The van der Waals surface area contributed by atoms with Gasteiger partial charge in [-0.15, -0.1) is 0 Å². The lowest BCUT2D eigenvalue weighted by molar-refractivity contribution is 0.378. The Labute approximate surface area is 158 Å². The molecule has 0 bridgehead atoms. The Hall–Kier alpha value is -0.620. The van der Waals surface area contributed by atoms with Crippen LogP contribution in [0.2, 0.25) is 0 Å². The van der Waals surface area contributed by atoms with Gasteiger partial charge in [-0.2, -0.15) is 0 Å². The van der Waals surface area contributed by atoms with Crippen molar-refractivity contribution in [2.45, 2.75) is 23.7 Å². The summed E-state index contributed by atoms with van der Waals surface area (Å²) in [6.07, 6.45) is 7.41. The van der Waals surface area contributed by atoms with Crippen LogP contribution < -0.4 is 0 Å². The van der Waals surface area contributed by atoms with Crippen molar-refractivity contribution < 1.29 is 0 Å². The van der Waals surface area contributed by atoms with E-state index in [1.807, 2.05) is 0 Å². The van der Waals surface area contributed by atoms with Crippen LogP contribution in [0.1, 0.15) is 24.0 Å². The number of fused-ring (bicyclic) bond motifs is 3. The summed E-state index contributed by atoms with van der Waals surface area (Å²) < 4.78 is 3.01. The van der Waals surface area contributed by atoms with Gasteiger partial charge in [0.1, 0.15) is 0 Å². The van der Waals surface area contributed by atoms with Gasteiger partial charge in [0, 0.05) is 10.8 Å². The SMILES string of the molecule is IC1=C[C@]23CC(I)=C[C@@]2(C1)c1ccccc1-c1ccccc13. The molecular weight excluding hydrogens is 494 g/mol. The van der Waals surface area contributed by atoms with Crippen LogP contribution in [0.5, 0.6) is 0 Å². The molecule has 0 fully saturated rings. The van der Waals surface area contributed by atoms with E-state index in [1.165, 1.54) is 29.4 Å². The first-order valence-electron chi connectivity index (χ1n) is 7.60. The Morgan fingerprint density at radius 1 is 0.636 bits per heavy atom. The molecule has 0 saturated carbocycles. The normalized spacial score (nSPS) is 30.8. The third kappa shape index (κ3) is 1.49. The molecule has 2 atom stereocenters. The Morgan fingerprint density at radius 2 is 1.05 bits per heavy atom. The molecule has 0 N–H and O–H groups in total. The highest BCUT2D eigenvalue weighted by Gasteiger charge is 2.61. The Balaban J connectivity index is 1.97. The van der Waals surface area contributed by atoms with Gasteiger partial charge in [-0.1, -0.05) is 60.7 Å². The van der Waals surface area contributed by atoms with Gasteiger partial charge >= 0.3 is 0 Å². The minimum atomic E-state index is 0.130. The van der Waals surface area contributed by atoms with E-state index in [4.69, 9.17) is 0 Å². The number of hydrogen-bond acceptors (Lipinski definition) is 0. The number of halogens is 2. The summed E-state index contributed by atoms with van der Waals surface area (Å²) >= 11 is 5.10. The van der Waals surface area contributed by atoms with Gasteiger partial charge in [-0.25, -0.2) is 0 Å². The molecule has 0 nitrogen and oxygen atoms in total. The molecule has 22 heavy (non-hydrogen) atoms. The molecule has 2 aromatic rings. The molecule has 0 amide bonds. The van der Waals surface area contributed by atoms with Crippen LogP contribution >= 0.6 is 45.2 Å². The second-order valence-electron chi connectivity index (χ2n) is 6.57. The van der Waals surface area contributed by atoms with E-state index in [-0.39, 0.29) is 10.8 Å². The summed E-state index contributed by atoms with van der Waals surface area (Å²) in [5, 5.41) is 0. The van der Waals surface area contributed by atoms with Crippen molar-refractivity contribution in [3.8, 4) is 11.1 Å². The van der Waals surface area contributed by atoms with Gasteiger partial charge in [0.05, 0.1) is 0 Å². The maximum Gasteiger partial charge on any atom is 0.0328 e. The molecule has 108 valence electrons. The Morgan fingerprint density at radius 3 is 1.50 bits per heavy atom. The molecule has 3 aliphatic rings. The molecule has 2 aromatic carbocycles. The number of benzene rings is 2. The molecular formula is C20H14I2. The molecule has 0 unspecified atom stereocenters. The second-order valence-corrected chi connectivity index (χ2v) is 9.34. The van der Waals surface area contributed by atoms with Crippen LogP contribution in [0.4, 0.5) is 0 Å². The minimum absolute atomic E-state index is 0.130. The van der Waals surface area contributed by atoms with Gasteiger partial charge in [0.25, 0.3) is 0 Å². The lowest BCUT2D eigenvalue weighted by atomic mass is 9.55. The van der Waals surface area contributed by atoms with Crippen LogP contribution in [-0.4, -0.2) is 0 Å². The quantitative estimate of drug-likeness (QED) is 0.368. The molecule has 0 saturated heterocycles. The van der Waals surface area contributed by atoms with Crippen LogP contribution in [0.15, 0.2) is 67.8 Å². The number of allylic oxidation sites excluding steroid dienone is 4. The Kier molecular flexibility index (Phi) is 2.80. The van der Waals surface area contributed by atoms with Gasteiger partial charge in [-0.05, 0) is 87.4 Å². The van der Waals surface area contributed by atoms with Crippen molar-refractivity contribution in [1.82, 2.24) is 0 Å². The first-order valence-corrected chi connectivity index (χ1v) is 9.76. The van der Waals surface area contributed by atoms with E-state index in [2.05, 4.69) is 106 Å². The smallest absolute Gasteiger partial charge is 0.0328 e. The molecule has 0 spiro atoms. The summed E-state index contributed by atoms with van der Waals surface area (Å²) in [6.45, 7) is 0. The predicted octanol–water partition coefficient (Wildman–Crippen LogP) is 6.29. The van der Waals surface area contributed by atoms with Gasteiger partial charge in [0.2, 0.25) is 0 Å². The standard InChI is InChI=1S/C20H14I2/c21-13-9-19-10-14(22)12-20(19,11-13)18-8-4-2-6-16(18)15-5-1-3-7-17(15)19/h1-9,12H,10-11H2/t19-,20+/m1/s1. The van der Waals surface area contributed by atoms with Crippen molar-refractivity contribution in [3.05, 3.63) is 79.0 Å². The largest absolute Gasteiger partial charge is 0.0630 e. The van der Waals surface area contributed by atoms with E-state index < -0.39 is 0 Å². The van der Waals surface area contributed by atoms with Gasteiger partial charge < -0.3 is 0 Å². The fraction of sp³-hybridized carbons (Fsp3) is 0.200. The van der Waals surface area contributed by atoms with Crippen molar-refractivity contribution in [1.29, 1.82) is 0 Å². The fourth-order valence-corrected chi connectivity index (χ4v) is 7.15. The van der Waals surface area contributed by atoms with E-state index in [9.17, 15) is 0 Å². The average Bonchev–Trinajstić information content (AvgIpc) is 2.96. The predicted molar refractivity (Wildman–Crippen MR) is 109 cm³/mol. The van der Waals surface area contributed by atoms with Crippen molar-refractivity contribution >= 4 is 45.2 Å². The highest BCUT2D eigenvalue weighted by Crippen LogP contribution is 2.68. The molecule has 0 radical (unpaired) electrons. The lowest BCUT2D eigenvalue weighted by Gasteiger charge is -2.46. The molecule has 5 rings (SSSR count). The molecule has 3 aliphatic carbocycles. The maximum absolute atomic E-state index is 2.56. The summed E-state index contributed by atoms with van der Waals surface area (Å²) in [5.41, 5.74) is 6.15. The van der Waals surface area contributed by atoms with E-state index >= 15 is 0 Å². The van der Waals surface area contributed by atoms with Crippen LogP contribution in [-0.2, 0) is 10.8 Å². The Bertz CT molecular complexity index is 803. The zero-order valence-corrected chi connectivity index (χ0v) is 16.3. The maximum atomic E-state index is 2.56. The van der Waals surface area contributed by atoms with Crippen molar-refractivity contribution in [2.24, 2.45) is 0 Å². The monoisotopic (exact) mass is 508 g/mol. The van der Waals surface area contributed by atoms with Crippen LogP contribution in [0.3, 0.4) is 0 Å².